The molecular weight excluding hydrogens is 901 g/mol. The number of hydrogen-bond donors (Lipinski definition) is 0. The van der Waals surface area contributed by atoms with E-state index in [4.69, 9.17) is 14.2 Å². The Bertz CT molecular complexity index is 1540. The van der Waals surface area contributed by atoms with Crippen LogP contribution in [0.3, 0.4) is 0 Å². The van der Waals surface area contributed by atoms with E-state index in [0.717, 1.165) is 77.0 Å². The molecule has 0 aromatic rings. The number of hydrogen-bond acceptors (Lipinski definition) is 6. The summed E-state index contributed by atoms with van der Waals surface area (Å²) in [7, 11) is 0. The fourth-order valence-corrected chi connectivity index (χ4v) is 7.95. The van der Waals surface area contributed by atoms with E-state index >= 15 is 0 Å². The second-order valence-corrected chi connectivity index (χ2v) is 19.5. The fourth-order valence-electron chi connectivity index (χ4n) is 7.95. The van der Waals surface area contributed by atoms with Gasteiger partial charge in [-0.3, -0.25) is 14.4 Å². The van der Waals surface area contributed by atoms with Gasteiger partial charge in [0.2, 0.25) is 0 Å². The zero-order chi connectivity index (χ0) is 52.9. The van der Waals surface area contributed by atoms with Gasteiger partial charge in [0.25, 0.3) is 0 Å². The predicted octanol–water partition coefficient (Wildman–Crippen LogP) is 20.4. The highest BCUT2D eigenvalue weighted by atomic mass is 16.6. The Labute approximate surface area is 450 Å². The molecular formula is C67H110O6. The van der Waals surface area contributed by atoms with Gasteiger partial charge in [0, 0.05) is 19.3 Å². The fraction of sp³-hybridized carbons (Fsp3) is 0.657. The Morgan fingerprint density at radius 2 is 0.575 bits per heavy atom. The summed E-state index contributed by atoms with van der Waals surface area (Å²) in [6.45, 7) is 6.41. The molecule has 0 fully saturated rings. The molecule has 0 aliphatic rings. The van der Waals surface area contributed by atoms with Crippen molar-refractivity contribution in [2.24, 2.45) is 0 Å². The summed E-state index contributed by atoms with van der Waals surface area (Å²) in [4.78, 5) is 38.2. The van der Waals surface area contributed by atoms with Gasteiger partial charge in [-0.05, 0) is 116 Å². The quantitative estimate of drug-likeness (QED) is 0.0261. The standard InChI is InChI=1S/C67H110O6/c1-4-7-10-13-16-19-22-25-28-31-33-36-38-41-44-47-50-53-56-59-65(68)71-62-64(73-67(70)61-58-55-52-49-46-43-40-35-30-27-24-21-18-15-12-9-6-3)63-72-66(69)60-57-54-51-48-45-42-39-37-34-32-29-26-23-20-17-14-11-8-5-2/h7,10,16,19,25-30,33,36,40-41,43-44,49-50,52-53,64H,4-6,8-9,11-15,17-18,20-24,31-32,34-35,37-39,42,45-48,51,54-63H2,1-3H3/b10-7-,19-16-,28-25-,29-26-,30-27-,36-33-,43-40-,44-41-,52-49-,53-50-/t64-/m1/s1. The molecule has 1 atom stereocenters. The first-order valence-corrected chi connectivity index (χ1v) is 30.0. The maximum absolute atomic E-state index is 12.9. The average Bonchev–Trinajstić information content (AvgIpc) is 3.39. The van der Waals surface area contributed by atoms with Crippen molar-refractivity contribution in [1.82, 2.24) is 0 Å². The van der Waals surface area contributed by atoms with Gasteiger partial charge in [0.15, 0.2) is 6.10 Å². The highest BCUT2D eigenvalue weighted by Crippen LogP contribution is 2.14. The molecule has 0 aromatic heterocycles. The van der Waals surface area contributed by atoms with Gasteiger partial charge in [-0.25, -0.2) is 0 Å². The Kier molecular flexibility index (Phi) is 56.9. The second kappa shape index (κ2) is 60.4. The van der Waals surface area contributed by atoms with Gasteiger partial charge in [0.05, 0.1) is 0 Å². The van der Waals surface area contributed by atoms with Gasteiger partial charge in [0.1, 0.15) is 13.2 Å². The van der Waals surface area contributed by atoms with Crippen molar-refractivity contribution < 1.29 is 28.6 Å². The molecule has 0 amide bonds. The smallest absolute Gasteiger partial charge is 0.306 e. The van der Waals surface area contributed by atoms with E-state index in [-0.39, 0.29) is 44.0 Å². The lowest BCUT2D eigenvalue weighted by Gasteiger charge is -2.18. The molecule has 0 spiro atoms. The lowest BCUT2D eigenvalue weighted by molar-refractivity contribution is -0.166. The summed E-state index contributed by atoms with van der Waals surface area (Å²) < 4.78 is 16.8. The van der Waals surface area contributed by atoms with Gasteiger partial charge >= 0.3 is 17.9 Å². The average molecular weight is 1010 g/mol. The Morgan fingerprint density at radius 3 is 0.973 bits per heavy atom. The maximum atomic E-state index is 12.9. The van der Waals surface area contributed by atoms with E-state index in [0.29, 0.717) is 19.3 Å². The Balaban J connectivity index is 4.57. The van der Waals surface area contributed by atoms with Gasteiger partial charge < -0.3 is 14.2 Å². The second-order valence-electron chi connectivity index (χ2n) is 19.5. The number of unbranched alkanes of at least 4 members (excludes halogenated alkanes) is 22. The zero-order valence-electron chi connectivity index (χ0n) is 47.4. The van der Waals surface area contributed by atoms with Crippen LogP contribution >= 0.6 is 0 Å². The van der Waals surface area contributed by atoms with Gasteiger partial charge in [-0.1, -0.05) is 251 Å². The van der Waals surface area contributed by atoms with Crippen LogP contribution in [0, 0.1) is 0 Å². The molecule has 6 heteroatoms. The van der Waals surface area contributed by atoms with E-state index in [1.165, 1.54) is 135 Å². The SMILES string of the molecule is CC/C=C\C/C=C\C/C=C\C/C=C\C/C=C\C/C=C\CCC(=O)OC[C@H](COC(=O)CCCCCCCCCCC/C=C\CCCCCCCC)OC(=O)CCC/C=C\C/C=C\C/C=C\CCCCCCCC. The first kappa shape index (κ1) is 68.8. The molecule has 0 aliphatic carbocycles. The minimum Gasteiger partial charge on any atom is -0.462 e. The maximum Gasteiger partial charge on any atom is 0.306 e. The van der Waals surface area contributed by atoms with Crippen molar-refractivity contribution in [3.63, 3.8) is 0 Å². The van der Waals surface area contributed by atoms with Gasteiger partial charge in [-0.15, -0.1) is 0 Å². The summed E-state index contributed by atoms with van der Waals surface area (Å²) in [5, 5.41) is 0. The summed E-state index contributed by atoms with van der Waals surface area (Å²) in [6.07, 6.45) is 83.5. The minimum atomic E-state index is -0.840. The van der Waals surface area contributed by atoms with Gasteiger partial charge in [-0.2, -0.15) is 0 Å². The highest BCUT2D eigenvalue weighted by molar-refractivity contribution is 5.71. The zero-order valence-corrected chi connectivity index (χ0v) is 47.4. The molecule has 0 heterocycles. The number of esters is 3. The number of rotatable bonds is 53. The van der Waals surface area contributed by atoms with Crippen molar-refractivity contribution in [3.8, 4) is 0 Å². The van der Waals surface area contributed by atoms with E-state index in [1.807, 2.05) is 12.2 Å². The van der Waals surface area contributed by atoms with Crippen LogP contribution in [0.4, 0.5) is 0 Å². The number of carbonyl (C=O) groups is 3. The van der Waals surface area contributed by atoms with Crippen LogP contribution in [0.1, 0.15) is 265 Å². The molecule has 6 nitrogen and oxygen atoms in total. The third kappa shape index (κ3) is 58.6. The molecule has 414 valence electrons. The van der Waals surface area contributed by atoms with Crippen LogP contribution in [-0.4, -0.2) is 37.2 Å². The first-order chi connectivity index (χ1) is 36.0. The van der Waals surface area contributed by atoms with Crippen LogP contribution < -0.4 is 0 Å². The molecule has 0 aliphatic heterocycles. The minimum absolute atomic E-state index is 0.125. The molecule has 73 heavy (non-hydrogen) atoms. The van der Waals surface area contributed by atoms with Crippen LogP contribution in [0.5, 0.6) is 0 Å². The molecule has 0 rings (SSSR count). The Morgan fingerprint density at radius 1 is 0.288 bits per heavy atom. The summed E-state index contributed by atoms with van der Waals surface area (Å²) >= 11 is 0. The molecule has 0 saturated carbocycles. The third-order valence-corrected chi connectivity index (χ3v) is 12.4. The normalized spacial score (nSPS) is 13.0. The predicted molar refractivity (Wildman–Crippen MR) is 316 cm³/mol. The number of carbonyl (C=O) groups excluding carboxylic acids is 3. The van der Waals surface area contributed by atoms with Crippen LogP contribution in [-0.2, 0) is 28.6 Å². The summed E-state index contributed by atoms with van der Waals surface area (Å²) in [5.41, 5.74) is 0. The van der Waals surface area contributed by atoms with E-state index in [1.54, 1.807) is 0 Å². The topological polar surface area (TPSA) is 78.9 Å². The third-order valence-electron chi connectivity index (χ3n) is 12.4. The Hall–Kier alpha value is -4.19. The molecule has 0 N–H and O–H groups in total. The first-order valence-electron chi connectivity index (χ1n) is 30.0. The number of ether oxygens (including phenoxy) is 3. The van der Waals surface area contributed by atoms with E-state index in [2.05, 4.69) is 130 Å². The monoisotopic (exact) mass is 1010 g/mol. The van der Waals surface area contributed by atoms with Crippen LogP contribution in [0.2, 0.25) is 0 Å². The van der Waals surface area contributed by atoms with Crippen molar-refractivity contribution >= 4 is 17.9 Å². The van der Waals surface area contributed by atoms with E-state index in [9.17, 15) is 14.4 Å². The summed E-state index contributed by atoms with van der Waals surface area (Å²) in [5.74, 6) is -1.07. The summed E-state index contributed by atoms with van der Waals surface area (Å²) in [6, 6.07) is 0. The highest BCUT2D eigenvalue weighted by Gasteiger charge is 2.19. The lowest BCUT2D eigenvalue weighted by atomic mass is 10.1. The van der Waals surface area contributed by atoms with Crippen LogP contribution in [0.25, 0.3) is 0 Å². The van der Waals surface area contributed by atoms with Crippen molar-refractivity contribution in [3.05, 3.63) is 122 Å². The molecule has 0 saturated heterocycles. The molecule has 0 unspecified atom stereocenters. The molecule has 0 bridgehead atoms. The van der Waals surface area contributed by atoms with Crippen molar-refractivity contribution in [2.45, 2.75) is 271 Å². The van der Waals surface area contributed by atoms with Crippen molar-refractivity contribution in [1.29, 1.82) is 0 Å². The molecule has 0 aromatic carbocycles. The lowest BCUT2D eigenvalue weighted by Crippen LogP contribution is -2.30. The van der Waals surface area contributed by atoms with Crippen LogP contribution in [0.15, 0.2) is 122 Å². The number of allylic oxidation sites excluding steroid dienone is 20. The largest absolute Gasteiger partial charge is 0.462 e. The molecule has 0 radical (unpaired) electrons. The van der Waals surface area contributed by atoms with Crippen molar-refractivity contribution in [2.75, 3.05) is 13.2 Å². The van der Waals surface area contributed by atoms with E-state index < -0.39 is 6.10 Å².